The molecule has 0 radical (unpaired) electrons. The molecule has 2 aromatic heterocycles. The molecule has 1 saturated heterocycles. The number of likely N-dealkylation sites (tertiary alicyclic amines) is 1. The summed E-state index contributed by atoms with van der Waals surface area (Å²) in [5.74, 6) is 0.507. The molecule has 6 rings (SSSR count). The first-order chi connectivity index (χ1) is 16.6. The smallest absolute Gasteiger partial charge is 0.251 e. The zero-order chi connectivity index (χ0) is 23.2. The Morgan fingerprint density at radius 3 is 2.85 bits per heavy atom. The SMILES string of the molecule is O=c1ccc2ncc(Cl)c3c2n1CC3CN1CCC(NCc2cc(F)c3c(c2)OCCO3)CC1. The highest BCUT2D eigenvalue weighted by Crippen LogP contribution is 2.37. The predicted molar refractivity (Wildman–Crippen MR) is 127 cm³/mol. The summed E-state index contributed by atoms with van der Waals surface area (Å²) in [4.78, 5) is 19.3. The zero-order valence-corrected chi connectivity index (χ0v) is 19.5. The monoisotopic (exact) mass is 484 g/mol. The van der Waals surface area contributed by atoms with Crippen LogP contribution < -0.4 is 20.3 Å². The number of fused-ring (bicyclic) bond motifs is 1. The third kappa shape index (κ3) is 3.93. The summed E-state index contributed by atoms with van der Waals surface area (Å²) in [7, 11) is 0. The highest BCUT2D eigenvalue weighted by molar-refractivity contribution is 6.32. The molecular weight excluding hydrogens is 459 g/mol. The molecule has 1 aromatic carbocycles. The molecular formula is C25H26ClFN4O3. The fraction of sp³-hybridized carbons (Fsp3) is 0.440. The highest BCUT2D eigenvalue weighted by atomic mass is 35.5. The van der Waals surface area contributed by atoms with E-state index < -0.39 is 0 Å². The second-order valence-electron chi connectivity index (χ2n) is 9.29. The summed E-state index contributed by atoms with van der Waals surface area (Å²) in [6, 6.07) is 7.11. The van der Waals surface area contributed by atoms with E-state index in [4.69, 9.17) is 21.1 Å². The first kappa shape index (κ1) is 21.8. The number of halogens is 2. The van der Waals surface area contributed by atoms with E-state index in [2.05, 4.69) is 15.2 Å². The average Bonchev–Trinajstić information content (AvgIpc) is 3.24. The van der Waals surface area contributed by atoms with Gasteiger partial charge in [-0.2, -0.15) is 0 Å². The van der Waals surface area contributed by atoms with Gasteiger partial charge in [-0.3, -0.25) is 9.78 Å². The number of benzene rings is 1. The van der Waals surface area contributed by atoms with Gasteiger partial charge >= 0.3 is 0 Å². The van der Waals surface area contributed by atoms with Crippen LogP contribution in [0.4, 0.5) is 4.39 Å². The molecule has 0 aliphatic carbocycles. The number of hydrogen-bond donors (Lipinski definition) is 1. The van der Waals surface area contributed by atoms with E-state index in [0.29, 0.717) is 43.1 Å². The van der Waals surface area contributed by atoms with Crippen LogP contribution in [0.25, 0.3) is 11.0 Å². The zero-order valence-electron chi connectivity index (χ0n) is 18.7. The second-order valence-corrected chi connectivity index (χ2v) is 9.70. The van der Waals surface area contributed by atoms with E-state index in [9.17, 15) is 9.18 Å². The molecule has 0 bridgehead atoms. The maximum atomic E-state index is 14.3. The first-order valence-corrected chi connectivity index (χ1v) is 12.2. The number of pyridine rings is 2. The van der Waals surface area contributed by atoms with Gasteiger partial charge in [0, 0.05) is 49.4 Å². The van der Waals surface area contributed by atoms with Gasteiger partial charge in [0.1, 0.15) is 13.2 Å². The molecule has 1 fully saturated rings. The van der Waals surface area contributed by atoms with Gasteiger partial charge in [-0.25, -0.2) is 4.39 Å². The van der Waals surface area contributed by atoms with Gasteiger partial charge < -0.3 is 24.3 Å². The van der Waals surface area contributed by atoms with Crippen molar-refractivity contribution in [3.63, 3.8) is 0 Å². The fourth-order valence-electron chi connectivity index (χ4n) is 5.45. The van der Waals surface area contributed by atoms with Crippen molar-refractivity contribution in [1.82, 2.24) is 19.8 Å². The van der Waals surface area contributed by atoms with Crippen LogP contribution in [-0.2, 0) is 13.1 Å². The van der Waals surface area contributed by atoms with Crippen molar-refractivity contribution in [2.45, 2.75) is 37.9 Å². The highest BCUT2D eigenvalue weighted by Gasteiger charge is 2.31. The minimum atomic E-state index is -0.371. The van der Waals surface area contributed by atoms with E-state index in [1.54, 1.807) is 18.3 Å². The Morgan fingerprint density at radius 1 is 1.18 bits per heavy atom. The quantitative estimate of drug-likeness (QED) is 0.599. The summed E-state index contributed by atoms with van der Waals surface area (Å²) < 4.78 is 27.0. The van der Waals surface area contributed by atoms with Gasteiger partial charge in [-0.1, -0.05) is 11.6 Å². The predicted octanol–water partition coefficient (Wildman–Crippen LogP) is 3.31. The molecule has 5 heterocycles. The lowest BCUT2D eigenvalue weighted by Crippen LogP contribution is -2.43. The summed E-state index contributed by atoms with van der Waals surface area (Å²) in [6.07, 6.45) is 3.71. The molecule has 3 aliphatic rings. The van der Waals surface area contributed by atoms with Gasteiger partial charge in [-0.05, 0) is 49.7 Å². The topological polar surface area (TPSA) is 68.6 Å². The Kier molecular flexibility index (Phi) is 5.67. The summed E-state index contributed by atoms with van der Waals surface area (Å²) in [6.45, 7) is 4.83. The van der Waals surface area contributed by atoms with Gasteiger partial charge in [0.25, 0.3) is 5.56 Å². The van der Waals surface area contributed by atoms with Gasteiger partial charge in [-0.15, -0.1) is 0 Å². The number of piperidine rings is 1. The van der Waals surface area contributed by atoms with E-state index in [1.165, 1.54) is 6.07 Å². The molecule has 1 unspecified atom stereocenters. The van der Waals surface area contributed by atoms with Crippen LogP contribution in [0, 0.1) is 5.82 Å². The third-order valence-electron chi connectivity index (χ3n) is 7.12. The molecule has 0 saturated carbocycles. The van der Waals surface area contributed by atoms with Crippen LogP contribution >= 0.6 is 11.6 Å². The largest absolute Gasteiger partial charge is 0.486 e. The van der Waals surface area contributed by atoms with Gasteiger partial charge in [0.2, 0.25) is 0 Å². The Hall–Kier alpha value is -2.68. The summed E-state index contributed by atoms with van der Waals surface area (Å²) in [5.41, 5.74) is 3.60. The minimum absolute atomic E-state index is 0.00111. The Labute approximate surface area is 201 Å². The molecule has 1 N–H and O–H groups in total. The molecule has 0 amide bonds. The van der Waals surface area contributed by atoms with Crippen molar-refractivity contribution in [3.8, 4) is 11.5 Å². The molecule has 1 atom stereocenters. The Bertz CT molecular complexity index is 1310. The van der Waals surface area contributed by atoms with Crippen molar-refractivity contribution in [3.05, 3.63) is 62.8 Å². The van der Waals surface area contributed by atoms with Crippen LogP contribution in [0.15, 0.2) is 35.3 Å². The lowest BCUT2D eigenvalue weighted by molar-refractivity contribution is 0.164. The van der Waals surface area contributed by atoms with Crippen molar-refractivity contribution < 1.29 is 13.9 Å². The molecule has 3 aromatic rings. The van der Waals surface area contributed by atoms with Crippen molar-refractivity contribution in [1.29, 1.82) is 0 Å². The van der Waals surface area contributed by atoms with Crippen LogP contribution in [0.2, 0.25) is 5.02 Å². The lowest BCUT2D eigenvalue weighted by atomic mass is 9.98. The molecule has 3 aliphatic heterocycles. The Balaban J connectivity index is 1.07. The molecule has 9 heteroatoms. The van der Waals surface area contributed by atoms with Crippen LogP contribution in [0.1, 0.15) is 29.9 Å². The van der Waals surface area contributed by atoms with Crippen LogP contribution in [-0.4, -0.2) is 53.3 Å². The molecule has 7 nitrogen and oxygen atoms in total. The first-order valence-electron chi connectivity index (χ1n) is 11.8. The summed E-state index contributed by atoms with van der Waals surface area (Å²) in [5, 5.41) is 4.20. The maximum Gasteiger partial charge on any atom is 0.251 e. The number of aromatic nitrogens is 2. The van der Waals surface area contributed by atoms with Crippen molar-refractivity contribution in [2.24, 2.45) is 0 Å². The average molecular weight is 485 g/mol. The lowest BCUT2D eigenvalue weighted by Gasteiger charge is -2.34. The number of rotatable bonds is 5. The van der Waals surface area contributed by atoms with E-state index in [1.807, 2.05) is 10.6 Å². The fourth-order valence-corrected chi connectivity index (χ4v) is 5.75. The van der Waals surface area contributed by atoms with Gasteiger partial charge in [0.15, 0.2) is 17.3 Å². The number of ether oxygens (including phenoxy) is 2. The molecule has 0 spiro atoms. The van der Waals surface area contributed by atoms with E-state index in [-0.39, 0.29) is 23.0 Å². The maximum absolute atomic E-state index is 14.3. The van der Waals surface area contributed by atoms with Crippen molar-refractivity contribution >= 4 is 22.6 Å². The standard InChI is InChI=1S/C25H26ClFN4O3/c26-18-12-29-20-1-2-22(32)31-14-16(23(18)24(20)31)13-30-5-3-17(4-6-30)28-11-15-9-19(27)25-21(10-15)33-7-8-34-25/h1-2,9-10,12,16-17,28H,3-8,11,13-14H2. The van der Waals surface area contributed by atoms with E-state index >= 15 is 0 Å². The number of hydrogen-bond acceptors (Lipinski definition) is 6. The normalized spacial score (nSPS) is 20.2. The van der Waals surface area contributed by atoms with Crippen LogP contribution in [0.5, 0.6) is 11.5 Å². The van der Waals surface area contributed by atoms with Gasteiger partial charge in [0.05, 0.1) is 16.1 Å². The van der Waals surface area contributed by atoms with Crippen molar-refractivity contribution in [2.75, 3.05) is 32.8 Å². The molecule has 34 heavy (non-hydrogen) atoms. The number of nitrogens with zero attached hydrogens (tertiary/aromatic N) is 3. The third-order valence-corrected chi connectivity index (χ3v) is 7.42. The number of nitrogens with one attached hydrogen (secondary N) is 1. The minimum Gasteiger partial charge on any atom is -0.486 e. The van der Waals surface area contributed by atoms with E-state index in [0.717, 1.165) is 54.6 Å². The second kappa shape index (κ2) is 8.83. The molecule has 178 valence electrons. The summed E-state index contributed by atoms with van der Waals surface area (Å²) >= 11 is 6.53. The van der Waals surface area contributed by atoms with Crippen LogP contribution in [0.3, 0.4) is 0 Å². The Morgan fingerprint density at radius 2 is 2.00 bits per heavy atom.